The van der Waals surface area contributed by atoms with E-state index in [0.717, 1.165) is 0 Å². The number of halogens is 2. The van der Waals surface area contributed by atoms with Gasteiger partial charge in [0.1, 0.15) is 6.54 Å². The van der Waals surface area contributed by atoms with E-state index in [1.807, 2.05) is 0 Å². The number of hydrogen-bond donors (Lipinski definition) is 0. The van der Waals surface area contributed by atoms with Crippen LogP contribution in [-0.2, 0) is 6.54 Å². The highest BCUT2D eigenvalue weighted by atomic mass is 35.5. The van der Waals surface area contributed by atoms with Gasteiger partial charge in [-0.1, -0.05) is 34.4 Å². The van der Waals surface area contributed by atoms with Crippen LogP contribution in [0.1, 0.15) is 5.56 Å². The second-order valence-corrected chi connectivity index (χ2v) is 2.87. The van der Waals surface area contributed by atoms with Gasteiger partial charge in [-0.25, -0.2) is 0 Å². The third-order valence-corrected chi connectivity index (χ3v) is 1.84. The van der Waals surface area contributed by atoms with E-state index in [4.69, 9.17) is 23.2 Å². The molecule has 0 radical (unpaired) electrons. The number of hydrogen-bond acceptors (Lipinski definition) is 2. The predicted molar refractivity (Wildman–Crippen MR) is 46.0 cm³/mol. The third-order valence-electron chi connectivity index (χ3n) is 1.25. The van der Waals surface area contributed by atoms with Crippen LogP contribution in [0.4, 0.5) is 0 Å². The number of nitrogens with zero attached hydrogens (tertiary/aromatic N) is 1. The lowest BCUT2D eigenvalue weighted by molar-refractivity contribution is 1.06. The molecule has 0 spiro atoms. The SMILES string of the molecule is O=NCc1ccc(Cl)cc1Cl. The molecule has 0 heterocycles. The average molecular weight is 190 g/mol. The van der Waals surface area contributed by atoms with Gasteiger partial charge in [0, 0.05) is 10.0 Å². The van der Waals surface area contributed by atoms with Crippen LogP contribution in [0.2, 0.25) is 10.0 Å². The Kier molecular flexibility index (Phi) is 2.85. The monoisotopic (exact) mass is 189 g/mol. The van der Waals surface area contributed by atoms with Crippen molar-refractivity contribution in [2.24, 2.45) is 5.18 Å². The number of nitroso groups, excluding NO2 is 1. The summed E-state index contributed by atoms with van der Waals surface area (Å²) in [4.78, 5) is 9.87. The van der Waals surface area contributed by atoms with Gasteiger partial charge in [0.05, 0.1) is 0 Å². The van der Waals surface area contributed by atoms with Gasteiger partial charge in [0.15, 0.2) is 0 Å². The fourth-order valence-electron chi connectivity index (χ4n) is 0.719. The topological polar surface area (TPSA) is 29.4 Å². The minimum Gasteiger partial charge on any atom is -0.150 e. The highest BCUT2D eigenvalue weighted by Gasteiger charge is 1.99. The van der Waals surface area contributed by atoms with Crippen molar-refractivity contribution in [1.82, 2.24) is 0 Å². The van der Waals surface area contributed by atoms with Gasteiger partial charge in [-0.2, -0.15) is 4.91 Å². The van der Waals surface area contributed by atoms with Crippen LogP contribution in [0, 0.1) is 4.91 Å². The summed E-state index contributed by atoms with van der Waals surface area (Å²) in [5, 5.41) is 3.76. The molecular weight excluding hydrogens is 185 g/mol. The van der Waals surface area contributed by atoms with E-state index in [-0.39, 0.29) is 6.54 Å². The summed E-state index contributed by atoms with van der Waals surface area (Å²) in [5.74, 6) is 0. The van der Waals surface area contributed by atoms with E-state index < -0.39 is 0 Å². The standard InChI is InChI=1S/C7H5Cl2NO/c8-6-2-1-5(4-10-11)7(9)3-6/h1-3H,4H2. The first-order chi connectivity index (χ1) is 5.24. The molecular formula is C7H5Cl2NO. The molecule has 11 heavy (non-hydrogen) atoms. The van der Waals surface area contributed by atoms with Crippen LogP contribution in [0.15, 0.2) is 23.4 Å². The maximum absolute atomic E-state index is 9.87. The minimum atomic E-state index is 0.0933. The summed E-state index contributed by atoms with van der Waals surface area (Å²) in [6, 6.07) is 4.95. The van der Waals surface area contributed by atoms with E-state index in [2.05, 4.69) is 5.18 Å². The van der Waals surface area contributed by atoms with Crippen LogP contribution < -0.4 is 0 Å². The smallest absolute Gasteiger partial charge is 0.108 e. The summed E-state index contributed by atoms with van der Waals surface area (Å²) in [6.07, 6.45) is 0. The van der Waals surface area contributed by atoms with Gasteiger partial charge < -0.3 is 0 Å². The van der Waals surface area contributed by atoms with E-state index in [9.17, 15) is 4.91 Å². The summed E-state index contributed by atoms with van der Waals surface area (Å²) >= 11 is 11.3. The van der Waals surface area contributed by atoms with Gasteiger partial charge in [0.25, 0.3) is 0 Å². The van der Waals surface area contributed by atoms with Crippen LogP contribution in [0.5, 0.6) is 0 Å². The Balaban J connectivity index is 2.98. The molecule has 1 aromatic rings. The first-order valence-corrected chi connectivity index (χ1v) is 3.72. The molecule has 0 atom stereocenters. The summed E-state index contributed by atoms with van der Waals surface area (Å²) in [5.41, 5.74) is 0.700. The van der Waals surface area contributed by atoms with Crippen LogP contribution >= 0.6 is 23.2 Å². The van der Waals surface area contributed by atoms with E-state index in [1.165, 1.54) is 0 Å². The zero-order chi connectivity index (χ0) is 8.27. The molecule has 0 bridgehead atoms. The van der Waals surface area contributed by atoms with Crippen molar-refractivity contribution in [3.05, 3.63) is 38.7 Å². The first-order valence-electron chi connectivity index (χ1n) is 2.97. The number of rotatable bonds is 2. The summed E-state index contributed by atoms with van der Waals surface area (Å²) in [6.45, 7) is 0.0933. The summed E-state index contributed by atoms with van der Waals surface area (Å²) in [7, 11) is 0. The first kappa shape index (κ1) is 8.50. The molecule has 0 fully saturated rings. The number of benzene rings is 1. The summed E-state index contributed by atoms with van der Waals surface area (Å²) < 4.78 is 0. The molecule has 4 heteroatoms. The molecule has 0 saturated heterocycles. The van der Waals surface area contributed by atoms with Crippen LogP contribution in [0.3, 0.4) is 0 Å². The van der Waals surface area contributed by atoms with Gasteiger partial charge in [-0.05, 0) is 17.7 Å². The van der Waals surface area contributed by atoms with Gasteiger partial charge >= 0.3 is 0 Å². The Morgan fingerprint density at radius 1 is 1.36 bits per heavy atom. The van der Waals surface area contributed by atoms with E-state index in [1.54, 1.807) is 18.2 Å². The molecule has 0 saturated carbocycles. The molecule has 0 amide bonds. The van der Waals surface area contributed by atoms with E-state index >= 15 is 0 Å². The van der Waals surface area contributed by atoms with Crippen molar-refractivity contribution in [3.8, 4) is 0 Å². The van der Waals surface area contributed by atoms with Gasteiger partial charge in [0.2, 0.25) is 0 Å². The Morgan fingerprint density at radius 3 is 2.64 bits per heavy atom. The predicted octanol–water partition coefficient (Wildman–Crippen LogP) is 3.26. The lowest BCUT2D eigenvalue weighted by atomic mass is 10.2. The largest absolute Gasteiger partial charge is 0.150 e. The normalized spacial score (nSPS) is 9.64. The minimum absolute atomic E-state index is 0.0933. The Bertz CT molecular complexity index is 275. The fraction of sp³-hybridized carbons (Fsp3) is 0.143. The van der Waals surface area contributed by atoms with Crippen molar-refractivity contribution < 1.29 is 0 Å². The Labute approximate surface area is 74.1 Å². The van der Waals surface area contributed by atoms with Crippen molar-refractivity contribution >= 4 is 23.2 Å². The lowest BCUT2D eigenvalue weighted by Crippen LogP contribution is -1.81. The molecule has 0 unspecified atom stereocenters. The molecule has 58 valence electrons. The van der Waals surface area contributed by atoms with E-state index in [0.29, 0.717) is 15.6 Å². The molecule has 0 aromatic heterocycles. The third kappa shape index (κ3) is 2.17. The molecule has 1 rings (SSSR count). The second kappa shape index (κ2) is 3.69. The van der Waals surface area contributed by atoms with Crippen molar-refractivity contribution in [1.29, 1.82) is 0 Å². The van der Waals surface area contributed by atoms with Gasteiger partial charge in [-0.3, -0.25) is 0 Å². The fourth-order valence-corrected chi connectivity index (χ4v) is 1.19. The van der Waals surface area contributed by atoms with Crippen LogP contribution in [0.25, 0.3) is 0 Å². The van der Waals surface area contributed by atoms with Crippen molar-refractivity contribution in [2.45, 2.75) is 6.54 Å². The Hall–Kier alpha value is -0.600. The molecule has 0 N–H and O–H groups in total. The van der Waals surface area contributed by atoms with Crippen molar-refractivity contribution in [3.63, 3.8) is 0 Å². The molecule has 0 aliphatic carbocycles. The maximum atomic E-state index is 9.87. The highest BCUT2D eigenvalue weighted by molar-refractivity contribution is 6.35. The lowest BCUT2D eigenvalue weighted by Gasteiger charge is -1.97. The van der Waals surface area contributed by atoms with Crippen molar-refractivity contribution in [2.75, 3.05) is 0 Å². The molecule has 0 aliphatic rings. The van der Waals surface area contributed by atoms with Gasteiger partial charge in [-0.15, -0.1) is 0 Å². The quantitative estimate of drug-likeness (QED) is 0.658. The molecule has 2 nitrogen and oxygen atoms in total. The zero-order valence-electron chi connectivity index (χ0n) is 5.55. The molecule has 1 aromatic carbocycles. The average Bonchev–Trinajstić information content (AvgIpc) is 1.95. The van der Waals surface area contributed by atoms with Crippen LogP contribution in [-0.4, -0.2) is 0 Å². The zero-order valence-corrected chi connectivity index (χ0v) is 7.06. The molecule has 0 aliphatic heterocycles. The highest BCUT2D eigenvalue weighted by Crippen LogP contribution is 2.21. The maximum Gasteiger partial charge on any atom is 0.108 e. The second-order valence-electron chi connectivity index (χ2n) is 2.02. The Morgan fingerprint density at radius 2 is 2.09 bits per heavy atom.